The molecule has 0 amide bonds. The third-order valence-electron chi connectivity index (χ3n) is 2.91. The summed E-state index contributed by atoms with van der Waals surface area (Å²) >= 11 is 5.48. The molecule has 0 aliphatic heterocycles. The van der Waals surface area contributed by atoms with Gasteiger partial charge < -0.3 is 5.32 Å². The minimum atomic E-state index is 0.735. The van der Waals surface area contributed by atoms with Gasteiger partial charge in [-0.1, -0.05) is 20.8 Å². The van der Waals surface area contributed by atoms with Crippen LogP contribution in [-0.4, -0.2) is 13.1 Å². The van der Waals surface area contributed by atoms with Gasteiger partial charge in [0.1, 0.15) is 0 Å². The van der Waals surface area contributed by atoms with E-state index in [0.29, 0.717) is 0 Å². The molecule has 0 saturated carbocycles. The standard InChI is InChI=1S/C13H22BrNS/c1-4-6-15-9-11(10(2)3)8-13-12(14)5-7-16-13/h5,7,10-11,15H,4,6,8-9H2,1-3H3. The summed E-state index contributed by atoms with van der Waals surface area (Å²) in [4.78, 5) is 1.48. The van der Waals surface area contributed by atoms with Crippen molar-refractivity contribution < 1.29 is 0 Å². The van der Waals surface area contributed by atoms with Gasteiger partial charge in [0.2, 0.25) is 0 Å². The summed E-state index contributed by atoms with van der Waals surface area (Å²) in [6, 6.07) is 2.15. The van der Waals surface area contributed by atoms with Gasteiger partial charge in [0.15, 0.2) is 0 Å². The number of hydrogen-bond acceptors (Lipinski definition) is 2. The minimum Gasteiger partial charge on any atom is -0.316 e. The fourth-order valence-corrected chi connectivity index (χ4v) is 3.33. The van der Waals surface area contributed by atoms with Crippen LogP contribution in [0.15, 0.2) is 15.9 Å². The van der Waals surface area contributed by atoms with Crippen LogP contribution in [0, 0.1) is 11.8 Å². The number of nitrogens with one attached hydrogen (secondary N) is 1. The van der Waals surface area contributed by atoms with Crippen molar-refractivity contribution in [3.8, 4) is 0 Å². The molecule has 0 aliphatic carbocycles. The molecular formula is C13H22BrNS. The SMILES string of the molecule is CCCNCC(Cc1sccc1Br)C(C)C. The normalized spacial score (nSPS) is 13.3. The van der Waals surface area contributed by atoms with Crippen molar-refractivity contribution >= 4 is 27.3 Å². The highest BCUT2D eigenvalue weighted by molar-refractivity contribution is 9.10. The summed E-state index contributed by atoms with van der Waals surface area (Å²) < 4.78 is 1.28. The number of thiophene rings is 1. The van der Waals surface area contributed by atoms with Crippen LogP contribution in [0.25, 0.3) is 0 Å². The van der Waals surface area contributed by atoms with Gasteiger partial charge in [-0.15, -0.1) is 11.3 Å². The zero-order valence-corrected chi connectivity index (χ0v) is 12.8. The molecule has 0 saturated heterocycles. The lowest BCUT2D eigenvalue weighted by Crippen LogP contribution is -2.28. The van der Waals surface area contributed by atoms with Crippen molar-refractivity contribution in [1.29, 1.82) is 0 Å². The molecule has 1 unspecified atom stereocenters. The molecule has 0 spiro atoms. The summed E-state index contributed by atoms with van der Waals surface area (Å²) in [6.07, 6.45) is 2.40. The molecule has 16 heavy (non-hydrogen) atoms. The highest BCUT2D eigenvalue weighted by Crippen LogP contribution is 2.27. The smallest absolute Gasteiger partial charge is 0.0314 e. The summed E-state index contributed by atoms with van der Waals surface area (Å²) in [5.41, 5.74) is 0. The van der Waals surface area contributed by atoms with Gasteiger partial charge in [-0.25, -0.2) is 0 Å². The van der Waals surface area contributed by atoms with Crippen LogP contribution in [0.2, 0.25) is 0 Å². The fourth-order valence-electron chi connectivity index (χ4n) is 1.72. The lowest BCUT2D eigenvalue weighted by Gasteiger charge is -2.21. The third kappa shape index (κ3) is 4.56. The first kappa shape index (κ1) is 14.2. The van der Waals surface area contributed by atoms with Crippen LogP contribution in [-0.2, 0) is 6.42 Å². The van der Waals surface area contributed by atoms with E-state index in [0.717, 1.165) is 24.9 Å². The maximum Gasteiger partial charge on any atom is 0.0314 e. The molecule has 1 nitrogen and oxygen atoms in total. The predicted molar refractivity (Wildman–Crippen MR) is 77.2 cm³/mol. The molecule has 3 heteroatoms. The summed E-state index contributed by atoms with van der Waals surface area (Å²) in [5, 5.41) is 5.70. The topological polar surface area (TPSA) is 12.0 Å². The molecular weight excluding hydrogens is 282 g/mol. The van der Waals surface area contributed by atoms with E-state index in [-0.39, 0.29) is 0 Å². The largest absolute Gasteiger partial charge is 0.316 e. The molecule has 1 atom stereocenters. The van der Waals surface area contributed by atoms with E-state index < -0.39 is 0 Å². The maximum atomic E-state index is 3.62. The Bertz CT molecular complexity index is 296. The lowest BCUT2D eigenvalue weighted by molar-refractivity contribution is 0.362. The quantitative estimate of drug-likeness (QED) is 0.740. The molecule has 0 aromatic carbocycles. The van der Waals surface area contributed by atoms with Crippen molar-refractivity contribution in [3.05, 3.63) is 20.8 Å². The Morgan fingerprint density at radius 2 is 2.19 bits per heavy atom. The van der Waals surface area contributed by atoms with Crippen molar-refractivity contribution in [3.63, 3.8) is 0 Å². The zero-order chi connectivity index (χ0) is 12.0. The van der Waals surface area contributed by atoms with E-state index in [1.54, 1.807) is 0 Å². The monoisotopic (exact) mass is 303 g/mol. The van der Waals surface area contributed by atoms with E-state index >= 15 is 0 Å². The molecule has 0 bridgehead atoms. The van der Waals surface area contributed by atoms with Crippen LogP contribution in [0.1, 0.15) is 32.1 Å². The van der Waals surface area contributed by atoms with Crippen LogP contribution in [0.5, 0.6) is 0 Å². The number of hydrogen-bond donors (Lipinski definition) is 1. The van der Waals surface area contributed by atoms with E-state index in [1.165, 1.54) is 22.2 Å². The highest BCUT2D eigenvalue weighted by Gasteiger charge is 2.15. The molecule has 1 heterocycles. The Morgan fingerprint density at radius 1 is 1.44 bits per heavy atom. The van der Waals surface area contributed by atoms with E-state index in [1.807, 2.05) is 11.3 Å². The van der Waals surface area contributed by atoms with E-state index in [4.69, 9.17) is 0 Å². The first-order valence-electron chi connectivity index (χ1n) is 6.07. The third-order valence-corrected chi connectivity index (χ3v) is 4.86. The second kappa shape index (κ2) is 7.46. The van der Waals surface area contributed by atoms with Crippen LogP contribution >= 0.6 is 27.3 Å². The second-order valence-electron chi connectivity index (χ2n) is 4.60. The molecule has 1 aromatic heterocycles. The summed E-state index contributed by atoms with van der Waals surface area (Å²) in [6.45, 7) is 9.12. The van der Waals surface area contributed by atoms with Crippen LogP contribution in [0.4, 0.5) is 0 Å². The Hall–Kier alpha value is 0.140. The van der Waals surface area contributed by atoms with E-state index in [9.17, 15) is 0 Å². The molecule has 0 fully saturated rings. The van der Waals surface area contributed by atoms with Crippen molar-refractivity contribution in [2.45, 2.75) is 33.6 Å². The van der Waals surface area contributed by atoms with Crippen LogP contribution < -0.4 is 5.32 Å². The number of rotatable bonds is 7. The van der Waals surface area contributed by atoms with Gasteiger partial charge in [0.25, 0.3) is 0 Å². The molecule has 1 rings (SSSR count). The zero-order valence-electron chi connectivity index (χ0n) is 10.4. The molecule has 1 N–H and O–H groups in total. The average molecular weight is 304 g/mol. The van der Waals surface area contributed by atoms with Gasteiger partial charge in [-0.3, -0.25) is 0 Å². The van der Waals surface area contributed by atoms with Gasteiger partial charge in [0.05, 0.1) is 0 Å². The maximum absolute atomic E-state index is 3.62. The van der Waals surface area contributed by atoms with Crippen molar-refractivity contribution in [2.24, 2.45) is 11.8 Å². The predicted octanol–water partition coefficient (Wildman–Crippen LogP) is 4.32. The van der Waals surface area contributed by atoms with E-state index in [2.05, 4.69) is 53.5 Å². The molecule has 92 valence electrons. The molecule has 0 radical (unpaired) electrons. The first-order chi connectivity index (χ1) is 7.65. The summed E-state index contributed by atoms with van der Waals surface area (Å²) in [7, 11) is 0. The first-order valence-corrected chi connectivity index (χ1v) is 7.75. The lowest BCUT2D eigenvalue weighted by atomic mass is 9.92. The Balaban J connectivity index is 2.48. The Labute approximate surface area is 112 Å². The van der Waals surface area contributed by atoms with Gasteiger partial charge in [-0.05, 0) is 65.1 Å². The molecule has 0 aliphatic rings. The molecule has 1 aromatic rings. The van der Waals surface area contributed by atoms with Crippen LogP contribution in [0.3, 0.4) is 0 Å². The fraction of sp³-hybridized carbons (Fsp3) is 0.692. The van der Waals surface area contributed by atoms with Crippen molar-refractivity contribution in [1.82, 2.24) is 5.32 Å². The van der Waals surface area contributed by atoms with Crippen molar-refractivity contribution in [2.75, 3.05) is 13.1 Å². The number of halogens is 1. The van der Waals surface area contributed by atoms with Gasteiger partial charge in [0, 0.05) is 9.35 Å². The second-order valence-corrected chi connectivity index (χ2v) is 6.46. The Morgan fingerprint density at radius 3 is 2.69 bits per heavy atom. The Kier molecular flexibility index (Phi) is 6.62. The minimum absolute atomic E-state index is 0.735. The van der Waals surface area contributed by atoms with Gasteiger partial charge >= 0.3 is 0 Å². The summed E-state index contributed by atoms with van der Waals surface area (Å²) in [5.74, 6) is 1.47. The average Bonchev–Trinajstić information content (AvgIpc) is 2.63. The highest BCUT2D eigenvalue weighted by atomic mass is 79.9. The van der Waals surface area contributed by atoms with Gasteiger partial charge in [-0.2, -0.15) is 0 Å².